The summed E-state index contributed by atoms with van der Waals surface area (Å²) in [6, 6.07) is 9.46. The van der Waals surface area contributed by atoms with Gasteiger partial charge in [-0.2, -0.15) is 0 Å². The molecule has 1 aromatic carbocycles. The molecule has 1 atom stereocenters. The second kappa shape index (κ2) is 7.23. The van der Waals surface area contributed by atoms with Crippen LogP contribution in [-0.4, -0.2) is 12.6 Å². The third-order valence-corrected chi connectivity index (χ3v) is 3.29. The van der Waals surface area contributed by atoms with Gasteiger partial charge >= 0.3 is 0 Å². The van der Waals surface area contributed by atoms with Gasteiger partial charge in [-0.25, -0.2) is 0 Å². The summed E-state index contributed by atoms with van der Waals surface area (Å²) >= 11 is 2.35. The third-order valence-electron chi connectivity index (χ3n) is 2.57. The first-order valence-corrected chi connectivity index (χ1v) is 6.82. The smallest absolute Gasteiger partial charge is 0.0130 e. The first kappa shape index (κ1) is 13.0. The molecule has 0 saturated heterocycles. The zero-order chi connectivity index (χ0) is 11.1. The van der Waals surface area contributed by atoms with Crippen molar-refractivity contribution in [2.45, 2.75) is 39.2 Å². The number of hydrogen-bond donors (Lipinski definition) is 1. The van der Waals surface area contributed by atoms with Gasteiger partial charge in [-0.15, -0.1) is 0 Å². The van der Waals surface area contributed by atoms with Crippen LogP contribution in [0.5, 0.6) is 0 Å². The summed E-state index contributed by atoms with van der Waals surface area (Å²) in [6.45, 7) is 5.59. The minimum absolute atomic E-state index is 0.630. The second-order valence-electron chi connectivity index (χ2n) is 3.89. The van der Waals surface area contributed by atoms with Crippen LogP contribution in [0.1, 0.15) is 32.3 Å². The van der Waals surface area contributed by atoms with Gasteiger partial charge in [0.05, 0.1) is 0 Å². The van der Waals surface area contributed by atoms with Crippen molar-refractivity contribution in [3.63, 3.8) is 0 Å². The highest BCUT2D eigenvalue weighted by molar-refractivity contribution is 14.1. The molecule has 0 aliphatic rings. The fraction of sp³-hybridized carbons (Fsp3) is 0.538. The number of nitrogens with one attached hydrogen (secondary N) is 1. The predicted molar refractivity (Wildman–Crippen MR) is 75.2 cm³/mol. The van der Waals surface area contributed by atoms with E-state index in [0.717, 1.165) is 13.0 Å². The maximum absolute atomic E-state index is 3.58. The Hall–Kier alpha value is -0.0900. The lowest BCUT2D eigenvalue weighted by Gasteiger charge is -2.16. The molecule has 15 heavy (non-hydrogen) atoms. The lowest BCUT2D eigenvalue weighted by molar-refractivity contribution is 0.494. The Kier molecular flexibility index (Phi) is 6.25. The van der Waals surface area contributed by atoms with Gasteiger partial charge in [0.2, 0.25) is 0 Å². The van der Waals surface area contributed by atoms with E-state index in [1.807, 2.05) is 0 Å². The SMILES string of the molecule is CCCNC(CC)Cc1ccc(I)cc1. The fourth-order valence-electron chi connectivity index (χ4n) is 1.61. The molecule has 1 nitrogen and oxygen atoms in total. The van der Waals surface area contributed by atoms with Crippen molar-refractivity contribution in [3.05, 3.63) is 33.4 Å². The minimum Gasteiger partial charge on any atom is -0.314 e. The van der Waals surface area contributed by atoms with E-state index in [4.69, 9.17) is 0 Å². The normalized spacial score (nSPS) is 12.7. The van der Waals surface area contributed by atoms with Crippen LogP contribution in [0.15, 0.2) is 24.3 Å². The number of rotatable bonds is 6. The van der Waals surface area contributed by atoms with E-state index < -0.39 is 0 Å². The van der Waals surface area contributed by atoms with Crippen LogP contribution in [0.25, 0.3) is 0 Å². The maximum atomic E-state index is 3.58. The number of hydrogen-bond acceptors (Lipinski definition) is 1. The van der Waals surface area contributed by atoms with E-state index in [0.29, 0.717) is 6.04 Å². The minimum atomic E-state index is 0.630. The van der Waals surface area contributed by atoms with Crippen molar-refractivity contribution in [1.82, 2.24) is 5.32 Å². The van der Waals surface area contributed by atoms with Gasteiger partial charge < -0.3 is 5.32 Å². The number of benzene rings is 1. The summed E-state index contributed by atoms with van der Waals surface area (Å²) in [4.78, 5) is 0. The first-order chi connectivity index (χ1) is 7.26. The molecule has 0 amide bonds. The summed E-state index contributed by atoms with van der Waals surface area (Å²) < 4.78 is 1.31. The Bertz CT molecular complexity index is 268. The monoisotopic (exact) mass is 317 g/mol. The van der Waals surface area contributed by atoms with Crippen molar-refractivity contribution < 1.29 is 0 Å². The van der Waals surface area contributed by atoms with Gasteiger partial charge in [0, 0.05) is 9.61 Å². The average molecular weight is 317 g/mol. The molecule has 84 valence electrons. The zero-order valence-corrected chi connectivity index (χ0v) is 11.8. The molecule has 0 heterocycles. The molecule has 1 unspecified atom stereocenters. The molecule has 0 aliphatic heterocycles. The van der Waals surface area contributed by atoms with Crippen LogP contribution in [0, 0.1) is 3.57 Å². The molecule has 0 bridgehead atoms. The Morgan fingerprint density at radius 2 is 1.87 bits per heavy atom. The van der Waals surface area contributed by atoms with Crippen LogP contribution in [0.2, 0.25) is 0 Å². The molecule has 1 N–H and O–H groups in total. The van der Waals surface area contributed by atoms with Crippen molar-refractivity contribution in [1.29, 1.82) is 0 Å². The molecule has 1 aromatic rings. The summed E-state index contributed by atoms with van der Waals surface area (Å²) in [5.41, 5.74) is 1.44. The summed E-state index contributed by atoms with van der Waals surface area (Å²) in [5.74, 6) is 0. The van der Waals surface area contributed by atoms with E-state index >= 15 is 0 Å². The summed E-state index contributed by atoms with van der Waals surface area (Å²) in [5, 5.41) is 3.58. The topological polar surface area (TPSA) is 12.0 Å². The van der Waals surface area contributed by atoms with Gasteiger partial charge in [0.25, 0.3) is 0 Å². The first-order valence-electron chi connectivity index (χ1n) is 5.74. The van der Waals surface area contributed by atoms with E-state index in [9.17, 15) is 0 Å². The molecular weight excluding hydrogens is 297 g/mol. The molecule has 0 aliphatic carbocycles. The lowest BCUT2D eigenvalue weighted by Crippen LogP contribution is -2.31. The predicted octanol–water partition coefficient (Wildman–Crippen LogP) is 3.61. The quantitative estimate of drug-likeness (QED) is 0.790. The van der Waals surface area contributed by atoms with E-state index in [-0.39, 0.29) is 0 Å². The van der Waals surface area contributed by atoms with Gasteiger partial charge in [-0.1, -0.05) is 26.0 Å². The van der Waals surface area contributed by atoms with Crippen molar-refractivity contribution in [2.24, 2.45) is 0 Å². The standard InChI is InChI=1S/C13H20IN/c1-3-9-15-13(4-2)10-11-5-7-12(14)8-6-11/h5-8,13,15H,3-4,9-10H2,1-2H3. The van der Waals surface area contributed by atoms with Crippen LogP contribution in [0.3, 0.4) is 0 Å². The molecule has 0 fully saturated rings. The van der Waals surface area contributed by atoms with E-state index in [2.05, 4.69) is 66.0 Å². The molecule has 0 aromatic heterocycles. The average Bonchev–Trinajstić information content (AvgIpc) is 2.27. The Balaban J connectivity index is 2.47. The molecule has 0 spiro atoms. The highest BCUT2D eigenvalue weighted by atomic mass is 127. The fourth-order valence-corrected chi connectivity index (χ4v) is 1.97. The second-order valence-corrected chi connectivity index (χ2v) is 5.14. The Morgan fingerprint density at radius 1 is 1.20 bits per heavy atom. The molecule has 0 radical (unpaired) electrons. The van der Waals surface area contributed by atoms with Crippen LogP contribution < -0.4 is 5.32 Å². The Morgan fingerprint density at radius 3 is 2.40 bits per heavy atom. The Labute approximate surface area is 107 Å². The van der Waals surface area contributed by atoms with E-state index in [1.54, 1.807) is 0 Å². The zero-order valence-electron chi connectivity index (χ0n) is 9.59. The third kappa shape index (κ3) is 4.98. The van der Waals surface area contributed by atoms with E-state index in [1.165, 1.54) is 22.0 Å². The summed E-state index contributed by atoms with van der Waals surface area (Å²) in [6.07, 6.45) is 3.56. The van der Waals surface area contributed by atoms with Crippen LogP contribution >= 0.6 is 22.6 Å². The maximum Gasteiger partial charge on any atom is 0.0130 e. The van der Waals surface area contributed by atoms with Crippen molar-refractivity contribution >= 4 is 22.6 Å². The van der Waals surface area contributed by atoms with Crippen molar-refractivity contribution in [2.75, 3.05) is 6.54 Å². The molecule has 2 heteroatoms. The molecular formula is C13H20IN. The van der Waals surface area contributed by atoms with Gasteiger partial charge in [0.15, 0.2) is 0 Å². The van der Waals surface area contributed by atoms with Gasteiger partial charge in [0.1, 0.15) is 0 Å². The van der Waals surface area contributed by atoms with Crippen LogP contribution in [-0.2, 0) is 6.42 Å². The highest BCUT2D eigenvalue weighted by Gasteiger charge is 2.05. The lowest BCUT2D eigenvalue weighted by atomic mass is 10.0. The van der Waals surface area contributed by atoms with Gasteiger partial charge in [-0.3, -0.25) is 0 Å². The van der Waals surface area contributed by atoms with Crippen LogP contribution in [0.4, 0.5) is 0 Å². The van der Waals surface area contributed by atoms with Crippen molar-refractivity contribution in [3.8, 4) is 0 Å². The molecule has 0 saturated carbocycles. The number of halogens is 1. The molecule has 1 rings (SSSR count). The van der Waals surface area contributed by atoms with Gasteiger partial charge in [-0.05, 0) is 66.1 Å². The largest absolute Gasteiger partial charge is 0.314 e. The highest BCUT2D eigenvalue weighted by Crippen LogP contribution is 2.10. The summed E-state index contributed by atoms with van der Waals surface area (Å²) in [7, 11) is 0.